The van der Waals surface area contributed by atoms with Crippen LogP contribution in [0.5, 0.6) is 5.75 Å². The highest BCUT2D eigenvalue weighted by molar-refractivity contribution is 5.86. The van der Waals surface area contributed by atoms with E-state index in [0.717, 1.165) is 6.07 Å². The highest BCUT2D eigenvalue weighted by Gasteiger charge is 2.51. The lowest BCUT2D eigenvalue weighted by Crippen LogP contribution is -2.40. The average Bonchev–Trinajstić information content (AvgIpc) is 3.19. The topological polar surface area (TPSA) is 75.6 Å². The Kier molecular flexibility index (Phi) is 4.68. The van der Waals surface area contributed by atoms with Gasteiger partial charge < -0.3 is 15.2 Å². The Labute approximate surface area is 147 Å². The molecule has 0 spiro atoms. The van der Waals surface area contributed by atoms with Crippen LogP contribution in [0.15, 0.2) is 30.4 Å². The van der Waals surface area contributed by atoms with E-state index in [4.69, 9.17) is 4.74 Å². The van der Waals surface area contributed by atoms with Gasteiger partial charge in [-0.3, -0.25) is 9.59 Å². The molecule has 26 heavy (non-hydrogen) atoms. The Bertz CT molecular complexity index is 759. The highest BCUT2D eigenvalue weighted by atomic mass is 19.4. The zero-order valence-corrected chi connectivity index (χ0v) is 13.9. The molecule has 8 heteroatoms. The molecule has 2 aliphatic rings. The lowest BCUT2D eigenvalue weighted by molar-refractivity contribution is -0.147. The Hall–Kier alpha value is -2.51. The van der Waals surface area contributed by atoms with Crippen molar-refractivity contribution < 1.29 is 32.6 Å². The summed E-state index contributed by atoms with van der Waals surface area (Å²) in [6.07, 6.45) is -0.375. The largest absolute Gasteiger partial charge is 0.497 e. The van der Waals surface area contributed by atoms with E-state index in [1.807, 2.05) is 6.08 Å². The SMILES string of the molecule is COc1ccc(CNC(=O)[C@H]2[C@H](C(=O)O)[C@H]3C=C[C@H]2C3)c(C(F)(F)F)c1. The number of aliphatic carboxylic acids is 1. The van der Waals surface area contributed by atoms with Crippen molar-refractivity contribution in [1.29, 1.82) is 0 Å². The Morgan fingerprint density at radius 3 is 2.46 bits per heavy atom. The maximum Gasteiger partial charge on any atom is 0.416 e. The molecule has 2 aliphatic carbocycles. The summed E-state index contributed by atoms with van der Waals surface area (Å²) in [6, 6.07) is 3.51. The molecule has 1 aromatic carbocycles. The van der Waals surface area contributed by atoms with Crippen LogP contribution in [0.4, 0.5) is 13.2 Å². The molecule has 1 saturated carbocycles. The van der Waals surface area contributed by atoms with Gasteiger partial charge in [0.05, 0.1) is 24.5 Å². The zero-order valence-electron chi connectivity index (χ0n) is 13.9. The first-order chi connectivity index (χ1) is 12.2. The molecule has 2 N–H and O–H groups in total. The fraction of sp³-hybridized carbons (Fsp3) is 0.444. The second-order valence-corrected chi connectivity index (χ2v) is 6.58. The number of carbonyl (C=O) groups excluding carboxylic acids is 1. The zero-order chi connectivity index (χ0) is 19.1. The predicted octanol–water partition coefficient (Wildman–Crippen LogP) is 2.85. The number of fused-ring (bicyclic) bond motifs is 2. The average molecular weight is 369 g/mol. The molecule has 4 atom stereocenters. The molecule has 0 unspecified atom stereocenters. The maximum absolute atomic E-state index is 13.2. The Morgan fingerprint density at radius 1 is 1.23 bits per heavy atom. The fourth-order valence-electron chi connectivity index (χ4n) is 3.92. The summed E-state index contributed by atoms with van der Waals surface area (Å²) >= 11 is 0. The maximum atomic E-state index is 13.2. The molecule has 2 bridgehead atoms. The Morgan fingerprint density at radius 2 is 1.88 bits per heavy atom. The van der Waals surface area contributed by atoms with E-state index in [1.54, 1.807) is 6.08 Å². The van der Waals surface area contributed by atoms with Crippen molar-refractivity contribution in [2.45, 2.75) is 19.1 Å². The number of rotatable bonds is 5. The van der Waals surface area contributed by atoms with Gasteiger partial charge in [0.25, 0.3) is 0 Å². The number of carboxylic acids is 1. The van der Waals surface area contributed by atoms with E-state index in [2.05, 4.69) is 5.32 Å². The number of carbonyl (C=O) groups is 2. The van der Waals surface area contributed by atoms with Gasteiger partial charge in [-0.2, -0.15) is 13.2 Å². The fourth-order valence-corrected chi connectivity index (χ4v) is 3.92. The molecule has 0 heterocycles. The van der Waals surface area contributed by atoms with Crippen LogP contribution in [0.25, 0.3) is 0 Å². The molecule has 1 aromatic rings. The number of alkyl halides is 3. The number of hydrogen-bond donors (Lipinski definition) is 2. The van der Waals surface area contributed by atoms with Crippen molar-refractivity contribution in [2.75, 3.05) is 7.11 Å². The van der Waals surface area contributed by atoms with Crippen molar-refractivity contribution in [3.63, 3.8) is 0 Å². The second kappa shape index (κ2) is 6.66. The summed E-state index contributed by atoms with van der Waals surface area (Å²) in [5, 5.41) is 11.9. The minimum atomic E-state index is -4.59. The molecular formula is C18H18F3NO4. The van der Waals surface area contributed by atoms with Crippen LogP contribution in [0, 0.1) is 23.7 Å². The van der Waals surface area contributed by atoms with Crippen molar-refractivity contribution in [1.82, 2.24) is 5.32 Å². The van der Waals surface area contributed by atoms with Gasteiger partial charge in [0.2, 0.25) is 5.91 Å². The molecule has 5 nitrogen and oxygen atoms in total. The molecule has 0 radical (unpaired) electrons. The van der Waals surface area contributed by atoms with Crippen molar-refractivity contribution in [3.8, 4) is 5.75 Å². The van der Waals surface area contributed by atoms with Crippen LogP contribution in [-0.2, 0) is 22.3 Å². The number of ether oxygens (including phenoxy) is 1. The second-order valence-electron chi connectivity index (χ2n) is 6.58. The van der Waals surface area contributed by atoms with Crippen molar-refractivity contribution in [2.24, 2.45) is 23.7 Å². The van der Waals surface area contributed by atoms with Crippen LogP contribution in [0.1, 0.15) is 17.5 Å². The van der Waals surface area contributed by atoms with Crippen LogP contribution >= 0.6 is 0 Å². The molecule has 140 valence electrons. The number of nitrogens with one attached hydrogen (secondary N) is 1. The minimum absolute atomic E-state index is 0.0663. The number of allylic oxidation sites excluding steroid dienone is 2. The Balaban J connectivity index is 1.76. The summed E-state index contributed by atoms with van der Waals surface area (Å²) in [6.45, 7) is -0.332. The molecule has 1 amide bonds. The highest BCUT2D eigenvalue weighted by Crippen LogP contribution is 2.48. The van der Waals surface area contributed by atoms with Crippen molar-refractivity contribution in [3.05, 3.63) is 41.5 Å². The summed E-state index contributed by atoms with van der Waals surface area (Å²) in [4.78, 5) is 24.0. The van der Waals surface area contributed by atoms with Crippen molar-refractivity contribution >= 4 is 11.9 Å². The predicted molar refractivity (Wildman–Crippen MR) is 85.2 cm³/mol. The van der Waals surface area contributed by atoms with Gasteiger partial charge in [-0.25, -0.2) is 0 Å². The summed E-state index contributed by atoms with van der Waals surface area (Å²) < 4.78 is 44.5. The van der Waals surface area contributed by atoms with E-state index in [1.165, 1.54) is 19.2 Å². The monoisotopic (exact) mass is 369 g/mol. The first-order valence-electron chi connectivity index (χ1n) is 8.15. The van der Waals surface area contributed by atoms with Gasteiger partial charge in [0.1, 0.15) is 5.75 Å². The lowest BCUT2D eigenvalue weighted by atomic mass is 9.82. The van der Waals surface area contributed by atoms with Gasteiger partial charge >= 0.3 is 12.1 Å². The lowest BCUT2D eigenvalue weighted by Gasteiger charge is -2.24. The smallest absolute Gasteiger partial charge is 0.416 e. The quantitative estimate of drug-likeness (QED) is 0.783. The minimum Gasteiger partial charge on any atom is -0.497 e. The number of amides is 1. The van der Waals surface area contributed by atoms with E-state index in [-0.39, 0.29) is 29.7 Å². The van der Waals surface area contributed by atoms with Gasteiger partial charge in [-0.05, 0) is 36.0 Å². The first kappa shape index (κ1) is 18.3. The first-order valence-corrected chi connectivity index (χ1v) is 8.15. The normalized spacial score (nSPS) is 26.8. The number of hydrogen-bond acceptors (Lipinski definition) is 3. The number of methoxy groups -OCH3 is 1. The van der Waals surface area contributed by atoms with Crippen LogP contribution in [-0.4, -0.2) is 24.1 Å². The number of benzene rings is 1. The molecule has 0 aliphatic heterocycles. The molecule has 0 saturated heterocycles. The van der Waals surface area contributed by atoms with Crippen LogP contribution in [0.2, 0.25) is 0 Å². The van der Waals surface area contributed by atoms with Gasteiger partial charge in [-0.1, -0.05) is 18.2 Å². The molecule has 1 fully saturated rings. The standard InChI is InChI=1S/C18H18F3NO4/c1-26-12-5-4-11(13(7-12)18(19,20)21)8-22-16(23)14-9-2-3-10(6-9)15(14)17(24)25/h2-5,7,9-10,14-15H,6,8H2,1H3,(H,22,23)(H,24,25)/t9-,10-,14+,15+/m0/s1. The summed E-state index contributed by atoms with van der Waals surface area (Å²) in [5.74, 6) is -3.48. The summed E-state index contributed by atoms with van der Waals surface area (Å²) in [7, 11) is 1.27. The third kappa shape index (κ3) is 3.27. The van der Waals surface area contributed by atoms with E-state index < -0.39 is 35.5 Å². The van der Waals surface area contributed by atoms with E-state index >= 15 is 0 Å². The van der Waals surface area contributed by atoms with Crippen LogP contribution in [0.3, 0.4) is 0 Å². The van der Waals surface area contributed by atoms with E-state index in [0.29, 0.717) is 6.42 Å². The van der Waals surface area contributed by atoms with Gasteiger partial charge in [0.15, 0.2) is 0 Å². The third-order valence-corrected chi connectivity index (χ3v) is 5.12. The molecule has 0 aromatic heterocycles. The molecule has 3 rings (SSSR count). The molecular weight excluding hydrogens is 351 g/mol. The van der Waals surface area contributed by atoms with Gasteiger partial charge in [0, 0.05) is 6.54 Å². The number of carboxylic acid groups (broad SMARTS) is 1. The third-order valence-electron chi connectivity index (χ3n) is 5.12. The number of halogens is 3. The van der Waals surface area contributed by atoms with Crippen LogP contribution < -0.4 is 10.1 Å². The summed E-state index contributed by atoms with van der Waals surface area (Å²) in [5.41, 5.74) is -0.989. The van der Waals surface area contributed by atoms with Gasteiger partial charge in [-0.15, -0.1) is 0 Å². The van der Waals surface area contributed by atoms with E-state index in [9.17, 15) is 27.9 Å².